The van der Waals surface area contributed by atoms with E-state index in [2.05, 4.69) is 10.6 Å². The summed E-state index contributed by atoms with van der Waals surface area (Å²) in [7, 11) is 3.17. The largest absolute Gasteiger partial charge is 0.465 e. The van der Waals surface area contributed by atoms with Gasteiger partial charge < -0.3 is 44.2 Å². The average Bonchev–Trinajstić information content (AvgIpc) is 2.76. The summed E-state index contributed by atoms with van der Waals surface area (Å²) in [4.78, 5) is 35.8. The third-order valence-corrected chi connectivity index (χ3v) is 3.68. The van der Waals surface area contributed by atoms with Crippen LogP contribution in [0.25, 0.3) is 0 Å². The molecule has 3 N–H and O–H groups in total. The van der Waals surface area contributed by atoms with Gasteiger partial charge in [-0.1, -0.05) is 0 Å². The predicted molar refractivity (Wildman–Crippen MR) is 113 cm³/mol. The van der Waals surface area contributed by atoms with Crippen molar-refractivity contribution in [3.05, 3.63) is 0 Å². The summed E-state index contributed by atoms with van der Waals surface area (Å²) < 4.78 is 30.7. The summed E-state index contributed by atoms with van der Waals surface area (Å²) in [5.74, 6) is -1.06. The van der Waals surface area contributed by atoms with E-state index in [1.807, 2.05) is 0 Å². The molecule has 13 nitrogen and oxygen atoms in total. The highest BCUT2D eigenvalue weighted by Crippen LogP contribution is 1.90. The molecule has 3 amide bonds. The molecule has 0 aliphatic heterocycles. The van der Waals surface area contributed by atoms with E-state index in [0.717, 1.165) is 4.90 Å². The van der Waals surface area contributed by atoms with Gasteiger partial charge in [0, 0.05) is 27.3 Å². The van der Waals surface area contributed by atoms with Gasteiger partial charge in [-0.05, 0) is 0 Å². The van der Waals surface area contributed by atoms with Gasteiger partial charge >= 0.3 is 6.09 Å². The number of ether oxygens (including phenoxy) is 6. The van der Waals surface area contributed by atoms with Crippen LogP contribution >= 0.6 is 0 Å². The summed E-state index contributed by atoms with van der Waals surface area (Å²) in [5, 5.41) is 14.3. The third-order valence-electron chi connectivity index (χ3n) is 3.68. The van der Waals surface area contributed by atoms with E-state index < -0.39 is 31.0 Å². The lowest BCUT2D eigenvalue weighted by atomic mass is 10.4. The lowest BCUT2D eigenvalue weighted by molar-refractivity contribution is -0.124. The monoisotopic (exact) mass is 467 g/mol. The first-order chi connectivity index (χ1) is 15.5. The number of nitrogens with zero attached hydrogens (tertiary/aromatic N) is 1. The van der Waals surface area contributed by atoms with Gasteiger partial charge in [-0.15, -0.1) is 0 Å². The van der Waals surface area contributed by atoms with E-state index in [9.17, 15) is 19.5 Å². The topological polar surface area (TPSA) is 154 Å². The van der Waals surface area contributed by atoms with E-state index >= 15 is 0 Å². The second-order valence-electron chi connectivity index (χ2n) is 6.27. The maximum atomic E-state index is 11.9. The molecule has 32 heavy (non-hydrogen) atoms. The molecule has 0 unspecified atom stereocenters. The molecule has 0 aromatic carbocycles. The minimum Gasteiger partial charge on any atom is -0.465 e. The Balaban J connectivity index is 3.81. The number of carbonyl (C=O) groups is 3. The smallest absolute Gasteiger partial charge is 0.408 e. The van der Waals surface area contributed by atoms with Crippen molar-refractivity contribution in [2.45, 2.75) is 0 Å². The first-order valence-electron chi connectivity index (χ1n) is 10.3. The van der Waals surface area contributed by atoms with Gasteiger partial charge in [0.05, 0.1) is 66.1 Å². The van der Waals surface area contributed by atoms with Crippen molar-refractivity contribution in [2.24, 2.45) is 0 Å². The van der Waals surface area contributed by atoms with Crippen LogP contribution in [-0.2, 0) is 38.0 Å². The highest BCUT2D eigenvalue weighted by atomic mass is 16.5. The number of amides is 3. The van der Waals surface area contributed by atoms with E-state index in [4.69, 9.17) is 28.4 Å². The van der Waals surface area contributed by atoms with Gasteiger partial charge in [-0.25, -0.2) is 4.79 Å². The van der Waals surface area contributed by atoms with Crippen LogP contribution in [0.4, 0.5) is 4.79 Å². The van der Waals surface area contributed by atoms with Crippen LogP contribution in [0.1, 0.15) is 0 Å². The molecule has 0 aromatic rings. The SMILES string of the molecule is COCCOCCOCCNC(=O)CN(CC(=O)NCCOCCOCCOC)C(=O)O. The summed E-state index contributed by atoms with van der Waals surface area (Å²) in [6.45, 7) is 3.53. The molecule has 0 aromatic heterocycles. The Morgan fingerprint density at radius 2 is 0.969 bits per heavy atom. The predicted octanol–water partition coefficient (Wildman–Crippen LogP) is -1.44. The summed E-state index contributed by atoms with van der Waals surface area (Å²) >= 11 is 0. The molecule has 0 heterocycles. The molecular formula is C19H37N3O10. The molecule has 0 atom stereocenters. The van der Waals surface area contributed by atoms with Crippen molar-refractivity contribution >= 4 is 17.9 Å². The van der Waals surface area contributed by atoms with Crippen LogP contribution in [0.3, 0.4) is 0 Å². The maximum absolute atomic E-state index is 11.9. The van der Waals surface area contributed by atoms with Gasteiger partial charge in [0.15, 0.2) is 0 Å². The molecule has 0 saturated carbocycles. The Bertz CT molecular complexity index is 460. The second kappa shape index (κ2) is 22.2. The van der Waals surface area contributed by atoms with Crippen molar-refractivity contribution in [1.29, 1.82) is 0 Å². The molecule has 0 aliphatic rings. The molecule has 0 rings (SSSR count). The third kappa shape index (κ3) is 19.9. The van der Waals surface area contributed by atoms with Crippen molar-refractivity contribution in [3.63, 3.8) is 0 Å². The number of rotatable bonds is 22. The highest BCUT2D eigenvalue weighted by Gasteiger charge is 2.19. The van der Waals surface area contributed by atoms with Gasteiger partial charge in [0.25, 0.3) is 0 Å². The zero-order valence-corrected chi connectivity index (χ0v) is 19.0. The standard InChI is InChI=1S/C19H37N3O10/c1-27-7-9-31-13-11-29-5-3-20-17(23)15-22(19(25)26)16-18(24)21-4-6-30-12-14-32-10-8-28-2/h3-16H2,1-2H3,(H,20,23)(H,21,24)(H,25,26). The molecule has 0 bridgehead atoms. The zero-order chi connectivity index (χ0) is 23.9. The van der Waals surface area contributed by atoms with Gasteiger partial charge in [0.2, 0.25) is 11.8 Å². The number of methoxy groups -OCH3 is 2. The number of carbonyl (C=O) groups excluding carboxylic acids is 2. The summed E-state index contributed by atoms with van der Waals surface area (Å²) in [5.41, 5.74) is 0. The Morgan fingerprint density at radius 1 is 0.625 bits per heavy atom. The molecule has 13 heteroatoms. The Hall–Kier alpha value is -2.03. The fourth-order valence-electron chi connectivity index (χ4n) is 2.10. The highest BCUT2D eigenvalue weighted by molar-refractivity contribution is 5.86. The molecule has 188 valence electrons. The molecular weight excluding hydrogens is 430 g/mol. The molecule has 0 saturated heterocycles. The van der Waals surface area contributed by atoms with E-state index in [1.54, 1.807) is 14.2 Å². The lowest BCUT2D eigenvalue weighted by Crippen LogP contribution is -2.46. The number of carboxylic acid groups (broad SMARTS) is 1. The Morgan fingerprint density at radius 3 is 1.31 bits per heavy atom. The molecule has 0 aliphatic carbocycles. The molecule has 0 spiro atoms. The van der Waals surface area contributed by atoms with Crippen LogP contribution < -0.4 is 10.6 Å². The van der Waals surface area contributed by atoms with Crippen molar-refractivity contribution in [2.75, 3.05) is 106 Å². The second-order valence-corrected chi connectivity index (χ2v) is 6.27. The zero-order valence-electron chi connectivity index (χ0n) is 19.0. The van der Waals surface area contributed by atoms with Crippen molar-refractivity contribution in [3.8, 4) is 0 Å². The van der Waals surface area contributed by atoms with Crippen LogP contribution in [0.15, 0.2) is 0 Å². The van der Waals surface area contributed by atoms with Gasteiger partial charge in [-0.2, -0.15) is 0 Å². The maximum Gasteiger partial charge on any atom is 0.408 e. The van der Waals surface area contributed by atoms with Crippen molar-refractivity contribution in [1.82, 2.24) is 15.5 Å². The summed E-state index contributed by atoms with van der Waals surface area (Å²) in [6, 6.07) is 0. The van der Waals surface area contributed by atoms with Crippen molar-refractivity contribution < 1.29 is 47.9 Å². The fraction of sp³-hybridized carbons (Fsp3) is 0.842. The normalized spacial score (nSPS) is 10.7. The lowest BCUT2D eigenvalue weighted by Gasteiger charge is -2.18. The van der Waals surface area contributed by atoms with Gasteiger partial charge in [-0.3, -0.25) is 14.5 Å². The minimum atomic E-state index is -1.37. The molecule has 0 fully saturated rings. The first-order valence-corrected chi connectivity index (χ1v) is 10.3. The van der Waals surface area contributed by atoms with E-state index in [-0.39, 0.29) is 26.3 Å². The van der Waals surface area contributed by atoms with E-state index in [1.165, 1.54) is 0 Å². The molecule has 0 radical (unpaired) electrons. The number of nitrogens with one attached hydrogen (secondary N) is 2. The van der Waals surface area contributed by atoms with Gasteiger partial charge in [0.1, 0.15) is 13.1 Å². The Kier molecular flexibility index (Phi) is 20.8. The van der Waals surface area contributed by atoms with Crippen LogP contribution in [0.2, 0.25) is 0 Å². The van der Waals surface area contributed by atoms with Crippen LogP contribution in [-0.4, -0.2) is 134 Å². The minimum absolute atomic E-state index is 0.211. The van der Waals surface area contributed by atoms with Crippen LogP contribution in [0, 0.1) is 0 Å². The first kappa shape index (κ1) is 30.0. The average molecular weight is 468 g/mol. The quantitative estimate of drug-likeness (QED) is 0.161. The van der Waals surface area contributed by atoms with Crippen LogP contribution in [0.5, 0.6) is 0 Å². The Labute approximate surface area is 188 Å². The van der Waals surface area contributed by atoms with E-state index in [0.29, 0.717) is 52.9 Å². The summed E-state index contributed by atoms with van der Waals surface area (Å²) in [6.07, 6.45) is -1.37. The number of hydrogen-bond donors (Lipinski definition) is 3. The fourth-order valence-corrected chi connectivity index (χ4v) is 2.10. The number of hydrogen-bond acceptors (Lipinski definition) is 9.